The molecule has 2 heterocycles. The van der Waals surface area contributed by atoms with Crippen LogP contribution in [0.2, 0.25) is 0 Å². The normalized spacial score (nSPS) is 11.6. The summed E-state index contributed by atoms with van der Waals surface area (Å²) < 4.78 is -0.952. The van der Waals surface area contributed by atoms with E-state index >= 15 is 0 Å². The molecule has 0 amide bonds. The van der Waals surface area contributed by atoms with Crippen molar-refractivity contribution in [1.82, 2.24) is 9.97 Å². The maximum atomic E-state index is 11.4. The molecule has 0 spiro atoms. The molecule has 1 aromatic carbocycles. The Bertz CT molecular complexity index is 872. The molecular weight excluding hydrogens is 308 g/mol. The Kier molecular flexibility index (Phi) is 4.05. The molecule has 5 heteroatoms. The topological polar surface area (TPSA) is 63.1 Å². The smallest absolute Gasteiger partial charge is 0.319 e. The first-order valence-corrected chi connectivity index (χ1v) is 8.02. The zero-order valence-corrected chi connectivity index (χ0v) is 13.7. The molecule has 0 aliphatic carbocycles. The van der Waals surface area contributed by atoms with E-state index in [1.54, 1.807) is 26.2 Å². The van der Waals surface area contributed by atoms with E-state index in [0.717, 1.165) is 22.0 Å². The van der Waals surface area contributed by atoms with Crippen LogP contribution in [0.3, 0.4) is 0 Å². The maximum Gasteiger partial charge on any atom is 0.319 e. The van der Waals surface area contributed by atoms with Crippen molar-refractivity contribution in [3.63, 3.8) is 0 Å². The standard InChI is InChI=1S/C18H16N2O2S/c1-18(2,17(21)22)23-16-14(8-5-11-20-16)12-6-3-9-15-13(12)7-4-10-19-15/h3-11H,1-2H3,(H,21,22). The molecule has 3 aromatic rings. The number of pyridine rings is 2. The molecule has 1 N–H and O–H groups in total. The number of hydrogen-bond donors (Lipinski definition) is 1. The number of fused-ring (bicyclic) bond motifs is 1. The summed E-state index contributed by atoms with van der Waals surface area (Å²) in [5.74, 6) is -0.862. The summed E-state index contributed by atoms with van der Waals surface area (Å²) in [6.45, 7) is 3.37. The number of nitrogens with zero attached hydrogens (tertiary/aromatic N) is 2. The van der Waals surface area contributed by atoms with Crippen LogP contribution in [-0.2, 0) is 4.79 Å². The maximum absolute atomic E-state index is 11.4. The van der Waals surface area contributed by atoms with Gasteiger partial charge in [0.15, 0.2) is 0 Å². The molecule has 2 aromatic heterocycles. The van der Waals surface area contributed by atoms with Crippen molar-refractivity contribution < 1.29 is 9.90 Å². The lowest BCUT2D eigenvalue weighted by atomic mass is 10.0. The fourth-order valence-electron chi connectivity index (χ4n) is 2.30. The van der Waals surface area contributed by atoms with Gasteiger partial charge >= 0.3 is 5.97 Å². The number of thioether (sulfide) groups is 1. The van der Waals surface area contributed by atoms with Crippen LogP contribution < -0.4 is 0 Å². The number of aromatic nitrogens is 2. The molecule has 0 saturated carbocycles. The van der Waals surface area contributed by atoms with Crippen molar-refractivity contribution in [2.24, 2.45) is 0 Å². The largest absolute Gasteiger partial charge is 0.480 e. The van der Waals surface area contributed by atoms with Gasteiger partial charge in [0.1, 0.15) is 9.77 Å². The van der Waals surface area contributed by atoms with Gasteiger partial charge in [-0.2, -0.15) is 0 Å². The Balaban J connectivity index is 2.15. The lowest BCUT2D eigenvalue weighted by Crippen LogP contribution is -2.27. The van der Waals surface area contributed by atoms with Gasteiger partial charge in [-0.25, -0.2) is 4.98 Å². The van der Waals surface area contributed by atoms with E-state index in [4.69, 9.17) is 0 Å². The Morgan fingerprint density at radius 2 is 1.70 bits per heavy atom. The number of rotatable bonds is 4. The Hall–Kier alpha value is -2.40. The minimum Gasteiger partial charge on any atom is -0.480 e. The minimum atomic E-state index is -0.952. The SMILES string of the molecule is CC(C)(Sc1ncccc1-c1cccc2ncccc12)C(=O)O. The van der Waals surface area contributed by atoms with Crippen molar-refractivity contribution in [1.29, 1.82) is 0 Å². The first-order valence-electron chi connectivity index (χ1n) is 7.20. The number of carboxylic acids is 1. The summed E-state index contributed by atoms with van der Waals surface area (Å²) >= 11 is 1.25. The molecular formula is C18H16N2O2S. The van der Waals surface area contributed by atoms with E-state index < -0.39 is 10.7 Å². The highest BCUT2D eigenvalue weighted by Crippen LogP contribution is 2.39. The number of carbonyl (C=O) groups is 1. The van der Waals surface area contributed by atoms with Crippen molar-refractivity contribution in [2.75, 3.05) is 0 Å². The fraction of sp³-hybridized carbons (Fsp3) is 0.167. The fourth-order valence-corrected chi connectivity index (χ4v) is 3.27. The van der Waals surface area contributed by atoms with E-state index in [2.05, 4.69) is 9.97 Å². The molecule has 0 aliphatic rings. The predicted octanol–water partition coefficient (Wildman–Crippen LogP) is 4.25. The molecule has 0 unspecified atom stereocenters. The monoisotopic (exact) mass is 324 g/mol. The van der Waals surface area contributed by atoms with Crippen molar-refractivity contribution in [3.8, 4) is 11.1 Å². The van der Waals surface area contributed by atoms with Crippen LogP contribution in [0, 0.1) is 0 Å². The van der Waals surface area contributed by atoms with Crippen LogP contribution >= 0.6 is 11.8 Å². The number of benzene rings is 1. The average Bonchev–Trinajstić information content (AvgIpc) is 2.54. The van der Waals surface area contributed by atoms with Gasteiger partial charge in [-0.1, -0.05) is 36.0 Å². The average molecular weight is 324 g/mol. The summed E-state index contributed by atoms with van der Waals surface area (Å²) in [7, 11) is 0. The molecule has 3 rings (SSSR count). The third-order valence-corrected chi connectivity index (χ3v) is 4.78. The lowest BCUT2D eigenvalue weighted by Gasteiger charge is -2.19. The lowest BCUT2D eigenvalue weighted by molar-refractivity contribution is -0.138. The van der Waals surface area contributed by atoms with E-state index in [9.17, 15) is 9.90 Å². The summed E-state index contributed by atoms with van der Waals surface area (Å²) in [4.78, 5) is 20.2. The van der Waals surface area contributed by atoms with Crippen LogP contribution in [-0.4, -0.2) is 25.8 Å². The number of hydrogen-bond acceptors (Lipinski definition) is 4. The highest BCUT2D eigenvalue weighted by Gasteiger charge is 2.30. The van der Waals surface area contributed by atoms with Gasteiger partial charge in [0.2, 0.25) is 0 Å². The summed E-state index contributed by atoms with van der Waals surface area (Å²) in [5, 5.41) is 11.1. The summed E-state index contributed by atoms with van der Waals surface area (Å²) in [5.41, 5.74) is 2.83. The predicted molar refractivity (Wildman–Crippen MR) is 92.5 cm³/mol. The van der Waals surface area contributed by atoms with E-state index in [1.165, 1.54) is 11.8 Å². The van der Waals surface area contributed by atoms with Gasteiger partial charge in [-0.05, 0) is 37.6 Å². The molecule has 116 valence electrons. The van der Waals surface area contributed by atoms with Crippen LogP contribution in [0.4, 0.5) is 0 Å². The van der Waals surface area contributed by atoms with Crippen LogP contribution in [0.25, 0.3) is 22.0 Å². The molecule has 0 bridgehead atoms. The van der Waals surface area contributed by atoms with Crippen molar-refractivity contribution in [2.45, 2.75) is 23.6 Å². The Morgan fingerprint density at radius 3 is 2.48 bits per heavy atom. The molecule has 0 fully saturated rings. The van der Waals surface area contributed by atoms with E-state index in [1.807, 2.05) is 42.5 Å². The Labute approximate surface area is 138 Å². The molecule has 0 radical (unpaired) electrons. The third kappa shape index (κ3) is 3.05. The molecule has 23 heavy (non-hydrogen) atoms. The van der Waals surface area contributed by atoms with E-state index in [0.29, 0.717) is 5.03 Å². The molecule has 0 saturated heterocycles. The van der Waals surface area contributed by atoms with E-state index in [-0.39, 0.29) is 0 Å². The van der Waals surface area contributed by atoms with Crippen LogP contribution in [0.5, 0.6) is 0 Å². The van der Waals surface area contributed by atoms with Gasteiger partial charge in [-0.15, -0.1) is 0 Å². The van der Waals surface area contributed by atoms with Crippen molar-refractivity contribution >= 4 is 28.6 Å². The molecule has 0 aliphatic heterocycles. The van der Waals surface area contributed by atoms with Crippen molar-refractivity contribution in [3.05, 3.63) is 54.9 Å². The molecule has 4 nitrogen and oxygen atoms in total. The highest BCUT2D eigenvalue weighted by atomic mass is 32.2. The summed E-state index contributed by atoms with van der Waals surface area (Å²) in [6, 6.07) is 13.7. The second-order valence-corrected chi connectivity index (χ2v) is 7.26. The second kappa shape index (κ2) is 6.01. The van der Waals surface area contributed by atoms with Crippen LogP contribution in [0.1, 0.15) is 13.8 Å². The van der Waals surface area contributed by atoms with Gasteiger partial charge in [0.05, 0.1) is 5.52 Å². The minimum absolute atomic E-state index is 0.705. The number of aliphatic carboxylic acids is 1. The Morgan fingerprint density at radius 1 is 1.00 bits per heavy atom. The third-order valence-electron chi connectivity index (χ3n) is 3.57. The second-order valence-electron chi connectivity index (χ2n) is 5.65. The first kappa shape index (κ1) is 15.5. The number of carboxylic acid groups (broad SMARTS) is 1. The van der Waals surface area contributed by atoms with Crippen LogP contribution in [0.15, 0.2) is 59.9 Å². The zero-order valence-electron chi connectivity index (χ0n) is 12.9. The first-order chi connectivity index (χ1) is 11.0. The molecule has 0 atom stereocenters. The quantitative estimate of drug-likeness (QED) is 0.727. The zero-order chi connectivity index (χ0) is 16.4. The van der Waals surface area contributed by atoms with Gasteiger partial charge in [-0.3, -0.25) is 9.78 Å². The summed E-state index contributed by atoms with van der Waals surface area (Å²) in [6.07, 6.45) is 3.45. The van der Waals surface area contributed by atoms with Gasteiger partial charge in [0.25, 0.3) is 0 Å². The highest BCUT2D eigenvalue weighted by molar-refractivity contribution is 8.01. The van der Waals surface area contributed by atoms with Gasteiger partial charge < -0.3 is 5.11 Å². The van der Waals surface area contributed by atoms with Gasteiger partial charge in [0, 0.05) is 23.3 Å².